The molecule has 2 aromatic rings. The highest BCUT2D eigenvalue weighted by molar-refractivity contribution is 5.62. The summed E-state index contributed by atoms with van der Waals surface area (Å²) in [5, 5.41) is 0. The van der Waals surface area contributed by atoms with E-state index in [9.17, 15) is 0 Å². The van der Waals surface area contributed by atoms with Gasteiger partial charge < -0.3 is 15.4 Å². The van der Waals surface area contributed by atoms with Crippen molar-refractivity contribution in [2.24, 2.45) is 0 Å². The van der Waals surface area contributed by atoms with Gasteiger partial charge in [0.25, 0.3) is 0 Å². The van der Waals surface area contributed by atoms with E-state index in [4.69, 9.17) is 10.5 Å². The monoisotopic (exact) mass is 282 g/mol. The molecule has 0 atom stereocenters. The van der Waals surface area contributed by atoms with E-state index in [1.807, 2.05) is 13.0 Å². The SMILES string of the molecule is CCOc1cc(N2CCc3ccccc3CC2)ccc1N. The summed E-state index contributed by atoms with van der Waals surface area (Å²) in [5.41, 5.74) is 10.8. The van der Waals surface area contributed by atoms with E-state index in [1.54, 1.807) is 0 Å². The lowest BCUT2D eigenvalue weighted by molar-refractivity contribution is 0.342. The Labute approximate surface area is 126 Å². The molecule has 110 valence electrons. The van der Waals surface area contributed by atoms with Crippen molar-refractivity contribution >= 4 is 11.4 Å². The molecule has 3 heteroatoms. The van der Waals surface area contributed by atoms with Crippen LogP contribution in [0.15, 0.2) is 42.5 Å². The number of benzene rings is 2. The van der Waals surface area contributed by atoms with Crippen molar-refractivity contribution in [2.45, 2.75) is 19.8 Å². The third kappa shape index (κ3) is 2.97. The number of nitrogens with two attached hydrogens (primary N) is 1. The lowest BCUT2D eigenvalue weighted by Gasteiger charge is -2.23. The fraction of sp³-hybridized carbons (Fsp3) is 0.333. The molecule has 0 radical (unpaired) electrons. The topological polar surface area (TPSA) is 38.5 Å². The van der Waals surface area contributed by atoms with Crippen LogP contribution in [-0.4, -0.2) is 19.7 Å². The Morgan fingerprint density at radius 2 is 1.71 bits per heavy atom. The second kappa shape index (κ2) is 6.08. The van der Waals surface area contributed by atoms with Crippen LogP contribution in [0.5, 0.6) is 5.75 Å². The molecule has 2 N–H and O–H groups in total. The highest BCUT2D eigenvalue weighted by atomic mass is 16.5. The molecule has 1 aliphatic rings. The average molecular weight is 282 g/mol. The zero-order valence-corrected chi connectivity index (χ0v) is 12.5. The van der Waals surface area contributed by atoms with Crippen molar-refractivity contribution in [1.82, 2.24) is 0 Å². The van der Waals surface area contributed by atoms with Crippen molar-refractivity contribution in [2.75, 3.05) is 30.3 Å². The van der Waals surface area contributed by atoms with Crippen LogP contribution in [0, 0.1) is 0 Å². The van der Waals surface area contributed by atoms with E-state index in [-0.39, 0.29) is 0 Å². The summed E-state index contributed by atoms with van der Waals surface area (Å²) in [4.78, 5) is 2.42. The molecule has 1 aliphatic heterocycles. The largest absolute Gasteiger partial charge is 0.492 e. The Bertz CT molecular complexity index is 597. The van der Waals surface area contributed by atoms with Crippen LogP contribution in [0.2, 0.25) is 0 Å². The van der Waals surface area contributed by atoms with Gasteiger partial charge in [0.2, 0.25) is 0 Å². The standard InChI is InChI=1S/C18H22N2O/c1-2-21-18-13-16(7-8-17(18)19)20-11-9-14-5-3-4-6-15(14)10-12-20/h3-8,13H,2,9-12,19H2,1H3. The molecule has 0 amide bonds. The Kier molecular flexibility index (Phi) is 4.00. The van der Waals surface area contributed by atoms with Gasteiger partial charge in [0.05, 0.1) is 12.3 Å². The number of rotatable bonds is 3. The maximum Gasteiger partial charge on any atom is 0.144 e. The van der Waals surface area contributed by atoms with Gasteiger partial charge in [-0.25, -0.2) is 0 Å². The van der Waals surface area contributed by atoms with Crippen LogP contribution in [0.3, 0.4) is 0 Å². The Balaban J connectivity index is 1.81. The first-order valence-electron chi connectivity index (χ1n) is 7.62. The molecule has 0 spiro atoms. The number of anilines is 2. The van der Waals surface area contributed by atoms with Crippen LogP contribution < -0.4 is 15.4 Å². The summed E-state index contributed by atoms with van der Waals surface area (Å²) < 4.78 is 5.61. The quantitative estimate of drug-likeness (QED) is 0.878. The summed E-state index contributed by atoms with van der Waals surface area (Å²) in [6.45, 7) is 4.69. The van der Waals surface area contributed by atoms with Crippen LogP contribution in [0.25, 0.3) is 0 Å². The van der Waals surface area contributed by atoms with Gasteiger partial charge in [-0.3, -0.25) is 0 Å². The maximum absolute atomic E-state index is 5.96. The molecule has 3 rings (SSSR count). The van der Waals surface area contributed by atoms with E-state index < -0.39 is 0 Å². The van der Waals surface area contributed by atoms with Crippen LogP contribution in [-0.2, 0) is 12.8 Å². The van der Waals surface area contributed by atoms with Crippen LogP contribution in [0.1, 0.15) is 18.1 Å². The normalized spacial score (nSPS) is 14.4. The van der Waals surface area contributed by atoms with Crippen molar-refractivity contribution in [3.05, 3.63) is 53.6 Å². The number of hydrogen-bond acceptors (Lipinski definition) is 3. The first kappa shape index (κ1) is 13.8. The third-order valence-corrected chi connectivity index (χ3v) is 4.08. The van der Waals surface area contributed by atoms with E-state index >= 15 is 0 Å². The molecular formula is C18H22N2O. The highest BCUT2D eigenvalue weighted by Gasteiger charge is 2.15. The maximum atomic E-state index is 5.96. The fourth-order valence-electron chi connectivity index (χ4n) is 2.93. The van der Waals surface area contributed by atoms with Gasteiger partial charge >= 0.3 is 0 Å². The molecule has 1 heterocycles. The summed E-state index contributed by atoms with van der Waals surface area (Å²) in [6.07, 6.45) is 2.18. The molecule has 0 bridgehead atoms. The minimum absolute atomic E-state index is 0.638. The molecule has 2 aromatic carbocycles. The minimum atomic E-state index is 0.638. The van der Waals surface area contributed by atoms with Gasteiger partial charge in [0.1, 0.15) is 5.75 Å². The first-order valence-corrected chi connectivity index (χ1v) is 7.62. The molecule has 0 aromatic heterocycles. The average Bonchev–Trinajstić information content (AvgIpc) is 2.72. The molecule has 21 heavy (non-hydrogen) atoms. The number of hydrogen-bond donors (Lipinski definition) is 1. The van der Waals surface area contributed by atoms with E-state index in [0.717, 1.165) is 31.7 Å². The summed E-state index contributed by atoms with van der Waals surface area (Å²) in [5.74, 6) is 0.789. The minimum Gasteiger partial charge on any atom is -0.492 e. The van der Waals surface area contributed by atoms with E-state index in [1.165, 1.54) is 16.8 Å². The zero-order valence-electron chi connectivity index (χ0n) is 12.5. The molecule has 0 saturated heterocycles. The van der Waals surface area contributed by atoms with Crippen molar-refractivity contribution in [3.8, 4) is 5.75 Å². The Hall–Kier alpha value is -2.16. The van der Waals surface area contributed by atoms with Crippen molar-refractivity contribution < 1.29 is 4.74 Å². The molecule has 0 unspecified atom stereocenters. The highest BCUT2D eigenvalue weighted by Crippen LogP contribution is 2.29. The third-order valence-electron chi connectivity index (χ3n) is 4.08. The molecule has 0 fully saturated rings. The van der Waals surface area contributed by atoms with E-state index in [0.29, 0.717) is 12.3 Å². The Morgan fingerprint density at radius 3 is 2.33 bits per heavy atom. The van der Waals surface area contributed by atoms with Gasteiger partial charge in [0.15, 0.2) is 0 Å². The summed E-state index contributed by atoms with van der Waals surface area (Å²) >= 11 is 0. The second-order valence-electron chi connectivity index (χ2n) is 5.41. The van der Waals surface area contributed by atoms with Gasteiger partial charge in [-0.05, 0) is 43.0 Å². The van der Waals surface area contributed by atoms with Crippen LogP contribution >= 0.6 is 0 Å². The first-order chi connectivity index (χ1) is 10.3. The lowest BCUT2D eigenvalue weighted by Crippen LogP contribution is -2.26. The fourth-order valence-corrected chi connectivity index (χ4v) is 2.93. The zero-order chi connectivity index (χ0) is 14.7. The van der Waals surface area contributed by atoms with Crippen LogP contribution in [0.4, 0.5) is 11.4 Å². The number of nitrogens with zero attached hydrogens (tertiary/aromatic N) is 1. The second-order valence-corrected chi connectivity index (χ2v) is 5.41. The molecule has 3 nitrogen and oxygen atoms in total. The Morgan fingerprint density at radius 1 is 1.05 bits per heavy atom. The number of nitrogen functional groups attached to an aromatic ring is 1. The predicted molar refractivity (Wildman–Crippen MR) is 88.1 cm³/mol. The van der Waals surface area contributed by atoms with Crippen molar-refractivity contribution in [1.29, 1.82) is 0 Å². The molecule has 0 saturated carbocycles. The molecule has 0 aliphatic carbocycles. The summed E-state index contributed by atoms with van der Waals surface area (Å²) in [7, 11) is 0. The van der Waals surface area contributed by atoms with Gasteiger partial charge in [0, 0.05) is 24.8 Å². The smallest absolute Gasteiger partial charge is 0.144 e. The lowest BCUT2D eigenvalue weighted by atomic mass is 10.0. The van der Waals surface area contributed by atoms with Crippen molar-refractivity contribution in [3.63, 3.8) is 0 Å². The predicted octanol–water partition coefficient (Wildman–Crippen LogP) is 3.27. The summed E-state index contributed by atoms with van der Waals surface area (Å²) in [6, 6.07) is 14.8. The van der Waals surface area contributed by atoms with Gasteiger partial charge in [-0.1, -0.05) is 24.3 Å². The van der Waals surface area contributed by atoms with Gasteiger partial charge in [-0.15, -0.1) is 0 Å². The van der Waals surface area contributed by atoms with E-state index in [2.05, 4.69) is 41.3 Å². The number of ether oxygens (including phenoxy) is 1. The van der Waals surface area contributed by atoms with Gasteiger partial charge in [-0.2, -0.15) is 0 Å². The molecular weight excluding hydrogens is 260 g/mol. The number of fused-ring (bicyclic) bond motifs is 1.